The first-order valence-corrected chi connectivity index (χ1v) is 5.86. The summed E-state index contributed by atoms with van der Waals surface area (Å²) in [5, 5.41) is 5.53. The predicted molar refractivity (Wildman–Crippen MR) is 72.9 cm³/mol. The van der Waals surface area contributed by atoms with E-state index in [0.717, 1.165) is 11.4 Å². The van der Waals surface area contributed by atoms with Crippen molar-refractivity contribution in [3.8, 4) is 5.75 Å². The molecular weight excluding hydrogens is 230 g/mol. The average molecular weight is 251 g/mol. The molecular formula is C13H21N3O2. The van der Waals surface area contributed by atoms with E-state index in [1.165, 1.54) is 0 Å². The maximum Gasteiger partial charge on any atom is 0.319 e. The van der Waals surface area contributed by atoms with E-state index in [2.05, 4.69) is 10.6 Å². The fourth-order valence-electron chi connectivity index (χ4n) is 1.24. The molecule has 0 bridgehead atoms. The molecule has 0 heterocycles. The van der Waals surface area contributed by atoms with E-state index in [9.17, 15) is 4.79 Å². The highest BCUT2D eigenvalue weighted by atomic mass is 16.5. The van der Waals surface area contributed by atoms with Crippen LogP contribution in [0, 0.1) is 5.41 Å². The van der Waals surface area contributed by atoms with E-state index >= 15 is 0 Å². The Kier molecular flexibility index (Phi) is 4.97. The molecule has 4 N–H and O–H groups in total. The van der Waals surface area contributed by atoms with Gasteiger partial charge < -0.3 is 21.1 Å². The van der Waals surface area contributed by atoms with E-state index in [4.69, 9.17) is 10.5 Å². The number of carbonyl (C=O) groups is 1. The zero-order valence-corrected chi connectivity index (χ0v) is 11.1. The summed E-state index contributed by atoms with van der Waals surface area (Å²) in [7, 11) is 1.60. The lowest BCUT2D eigenvalue weighted by atomic mass is 9.94. The summed E-state index contributed by atoms with van der Waals surface area (Å²) in [5.41, 5.74) is 6.21. The summed E-state index contributed by atoms with van der Waals surface area (Å²) < 4.78 is 5.04. The minimum atomic E-state index is -0.235. The van der Waals surface area contributed by atoms with E-state index in [1.807, 2.05) is 13.8 Å². The number of methoxy groups -OCH3 is 1. The number of anilines is 1. The lowest BCUT2D eigenvalue weighted by Gasteiger charge is -2.22. The Morgan fingerprint density at radius 3 is 2.44 bits per heavy atom. The van der Waals surface area contributed by atoms with Crippen molar-refractivity contribution in [3.05, 3.63) is 24.3 Å². The van der Waals surface area contributed by atoms with Crippen LogP contribution in [0.5, 0.6) is 5.75 Å². The summed E-state index contributed by atoms with van der Waals surface area (Å²) in [6, 6.07) is 6.92. The van der Waals surface area contributed by atoms with Gasteiger partial charge in [-0.2, -0.15) is 0 Å². The lowest BCUT2D eigenvalue weighted by Crippen LogP contribution is -2.40. The zero-order valence-electron chi connectivity index (χ0n) is 11.1. The molecule has 0 saturated carbocycles. The van der Waals surface area contributed by atoms with Gasteiger partial charge in [0.15, 0.2) is 0 Å². The number of hydrogen-bond acceptors (Lipinski definition) is 3. The van der Waals surface area contributed by atoms with Gasteiger partial charge in [-0.25, -0.2) is 4.79 Å². The van der Waals surface area contributed by atoms with Crippen LogP contribution in [0.25, 0.3) is 0 Å². The summed E-state index contributed by atoms with van der Waals surface area (Å²) >= 11 is 0. The van der Waals surface area contributed by atoms with Crippen LogP contribution in [0.3, 0.4) is 0 Å². The maximum absolute atomic E-state index is 11.6. The highest BCUT2D eigenvalue weighted by Gasteiger charge is 2.16. The van der Waals surface area contributed by atoms with Gasteiger partial charge in [-0.1, -0.05) is 13.8 Å². The second-order valence-corrected chi connectivity index (χ2v) is 4.90. The molecule has 0 spiro atoms. The predicted octanol–water partition coefficient (Wildman–Crippen LogP) is 1.80. The molecule has 0 aliphatic heterocycles. The number of nitrogens with one attached hydrogen (secondary N) is 2. The van der Waals surface area contributed by atoms with E-state index in [1.54, 1.807) is 31.4 Å². The van der Waals surface area contributed by atoms with Crippen LogP contribution in [0.15, 0.2) is 24.3 Å². The summed E-state index contributed by atoms with van der Waals surface area (Å²) in [6.07, 6.45) is 0. The second kappa shape index (κ2) is 6.26. The number of nitrogens with two attached hydrogens (primary N) is 1. The first-order chi connectivity index (χ1) is 8.46. The van der Waals surface area contributed by atoms with Crippen molar-refractivity contribution in [2.75, 3.05) is 25.5 Å². The molecule has 5 nitrogen and oxygen atoms in total. The smallest absolute Gasteiger partial charge is 0.319 e. The van der Waals surface area contributed by atoms with Crippen molar-refractivity contribution < 1.29 is 9.53 Å². The highest BCUT2D eigenvalue weighted by Crippen LogP contribution is 2.15. The van der Waals surface area contributed by atoms with Gasteiger partial charge in [0.2, 0.25) is 0 Å². The molecule has 5 heteroatoms. The molecule has 0 fully saturated rings. The SMILES string of the molecule is COc1ccc(NC(=O)NCC(C)(C)CN)cc1. The first-order valence-electron chi connectivity index (χ1n) is 5.86. The minimum absolute atomic E-state index is 0.1000. The largest absolute Gasteiger partial charge is 0.497 e. The fourth-order valence-corrected chi connectivity index (χ4v) is 1.24. The quantitative estimate of drug-likeness (QED) is 0.747. The van der Waals surface area contributed by atoms with Gasteiger partial charge in [0.05, 0.1) is 7.11 Å². The van der Waals surface area contributed by atoms with Crippen LogP contribution >= 0.6 is 0 Å². The molecule has 0 unspecified atom stereocenters. The number of carbonyl (C=O) groups excluding carboxylic acids is 1. The topological polar surface area (TPSA) is 76.4 Å². The number of benzene rings is 1. The van der Waals surface area contributed by atoms with Crippen LogP contribution < -0.4 is 21.1 Å². The maximum atomic E-state index is 11.6. The summed E-state index contributed by atoms with van der Waals surface area (Å²) in [5.74, 6) is 0.755. The molecule has 0 aliphatic rings. The van der Waals surface area contributed by atoms with Crippen LogP contribution in [-0.4, -0.2) is 26.2 Å². The van der Waals surface area contributed by atoms with Crippen molar-refractivity contribution in [1.29, 1.82) is 0 Å². The number of hydrogen-bond donors (Lipinski definition) is 3. The van der Waals surface area contributed by atoms with Crippen LogP contribution in [0.1, 0.15) is 13.8 Å². The van der Waals surface area contributed by atoms with Gasteiger partial charge in [-0.3, -0.25) is 0 Å². The third-order valence-corrected chi connectivity index (χ3v) is 2.63. The molecule has 100 valence electrons. The van der Waals surface area contributed by atoms with Crippen LogP contribution in [0.4, 0.5) is 10.5 Å². The van der Waals surface area contributed by atoms with E-state index in [-0.39, 0.29) is 11.4 Å². The zero-order chi connectivity index (χ0) is 13.6. The molecule has 1 rings (SSSR count). The molecule has 1 aromatic rings. The van der Waals surface area contributed by atoms with Crippen molar-refractivity contribution in [3.63, 3.8) is 0 Å². The van der Waals surface area contributed by atoms with E-state index in [0.29, 0.717) is 13.1 Å². The van der Waals surface area contributed by atoms with E-state index < -0.39 is 0 Å². The first kappa shape index (κ1) is 14.3. The number of ether oxygens (including phenoxy) is 1. The molecule has 0 radical (unpaired) electrons. The van der Waals surface area contributed by atoms with Crippen molar-refractivity contribution >= 4 is 11.7 Å². The lowest BCUT2D eigenvalue weighted by molar-refractivity contribution is 0.245. The molecule has 2 amide bonds. The molecule has 0 aliphatic carbocycles. The Morgan fingerprint density at radius 1 is 1.33 bits per heavy atom. The van der Waals surface area contributed by atoms with Gasteiger partial charge in [0.25, 0.3) is 0 Å². The molecule has 0 saturated heterocycles. The summed E-state index contributed by atoms with van der Waals surface area (Å²) in [6.45, 7) is 5.06. The van der Waals surface area contributed by atoms with Gasteiger partial charge in [-0.15, -0.1) is 0 Å². The van der Waals surface area contributed by atoms with Gasteiger partial charge in [0.1, 0.15) is 5.75 Å². The van der Waals surface area contributed by atoms with Crippen LogP contribution in [-0.2, 0) is 0 Å². The highest BCUT2D eigenvalue weighted by molar-refractivity contribution is 5.89. The Balaban J connectivity index is 2.44. The van der Waals surface area contributed by atoms with Crippen LogP contribution in [0.2, 0.25) is 0 Å². The second-order valence-electron chi connectivity index (χ2n) is 4.90. The third-order valence-electron chi connectivity index (χ3n) is 2.63. The number of rotatable bonds is 5. The van der Waals surface area contributed by atoms with Gasteiger partial charge in [-0.05, 0) is 36.2 Å². The van der Waals surface area contributed by atoms with Gasteiger partial charge in [0, 0.05) is 12.2 Å². The van der Waals surface area contributed by atoms with Crippen molar-refractivity contribution in [1.82, 2.24) is 5.32 Å². The molecule has 1 aromatic carbocycles. The van der Waals surface area contributed by atoms with Crippen molar-refractivity contribution in [2.24, 2.45) is 11.1 Å². The number of amides is 2. The molecule has 0 atom stereocenters. The van der Waals surface area contributed by atoms with Gasteiger partial charge >= 0.3 is 6.03 Å². The molecule has 0 aromatic heterocycles. The third kappa shape index (κ3) is 4.63. The minimum Gasteiger partial charge on any atom is -0.497 e. The average Bonchev–Trinajstić information content (AvgIpc) is 2.37. The number of urea groups is 1. The summed E-state index contributed by atoms with van der Waals surface area (Å²) in [4.78, 5) is 11.6. The Bertz CT molecular complexity index is 388. The Morgan fingerprint density at radius 2 is 1.94 bits per heavy atom. The normalized spacial score (nSPS) is 10.9. The Hall–Kier alpha value is -1.75. The monoisotopic (exact) mass is 251 g/mol. The standard InChI is InChI=1S/C13H21N3O2/c1-13(2,8-14)9-15-12(17)16-10-4-6-11(18-3)7-5-10/h4-7H,8-9,14H2,1-3H3,(H2,15,16,17). The molecule has 18 heavy (non-hydrogen) atoms. The fraction of sp³-hybridized carbons (Fsp3) is 0.462. The Labute approximate surface area is 108 Å². The van der Waals surface area contributed by atoms with Crippen molar-refractivity contribution in [2.45, 2.75) is 13.8 Å².